The molecule has 1 aliphatic carbocycles. The van der Waals surface area contributed by atoms with Gasteiger partial charge in [0.25, 0.3) is 0 Å². The number of hydrogen-bond donors (Lipinski definition) is 1. The SMILES string of the molecule is Nc1ccc(SC2CCOC3(CCCC3)C2)cc1Cl. The van der Waals surface area contributed by atoms with Crippen LogP contribution in [0.25, 0.3) is 0 Å². The van der Waals surface area contributed by atoms with Crippen LogP contribution in [-0.4, -0.2) is 17.5 Å². The third kappa shape index (κ3) is 3.04. The molecule has 0 radical (unpaired) electrons. The van der Waals surface area contributed by atoms with Crippen molar-refractivity contribution in [3.63, 3.8) is 0 Å². The van der Waals surface area contributed by atoms with E-state index in [1.807, 2.05) is 23.9 Å². The van der Waals surface area contributed by atoms with Crippen molar-refractivity contribution in [3.05, 3.63) is 23.2 Å². The zero-order chi connectivity index (χ0) is 13.3. The topological polar surface area (TPSA) is 35.2 Å². The molecule has 1 aliphatic heterocycles. The minimum Gasteiger partial charge on any atom is -0.398 e. The van der Waals surface area contributed by atoms with Gasteiger partial charge in [-0.25, -0.2) is 0 Å². The van der Waals surface area contributed by atoms with E-state index in [0.29, 0.717) is 16.0 Å². The zero-order valence-electron chi connectivity index (χ0n) is 11.0. The number of nitrogens with two attached hydrogens (primary N) is 1. The fourth-order valence-electron chi connectivity index (χ4n) is 3.22. The molecule has 1 aromatic carbocycles. The van der Waals surface area contributed by atoms with Crippen LogP contribution in [0.1, 0.15) is 38.5 Å². The minimum atomic E-state index is 0.188. The standard InChI is InChI=1S/C15H20ClNOS/c16-13-9-11(3-4-14(13)17)19-12-5-8-18-15(10-12)6-1-2-7-15/h3-4,9,12H,1-2,5-8,10,17H2. The van der Waals surface area contributed by atoms with Crippen LogP contribution in [0, 0.1) is 0 Å². The predicted octanol–water partition coefficient (Wildman–Crippen LogP) is 4.51. The van der Waals surface area contributed by atoms with E-state index in [9.17, 15) is 0 Å². The largest absolute Gasteiger partial charge is 0.398 e. The monoisotopic (exact) mass is 297 g/mol. The number of benzene rings is 1. The second kappa shape index (κ2) is 5.55. The second-order valence-electron chi connectivity index (χ2n) is 5.65. The number of halogens is 1. The van der Waals surface area contributed by atoms with Crippen LogP contribution in [0.5, 0.6) is 0 Å². The van der Waals surface area contributed by atoms with Crippen LogP contribution in [0.2, 0.25) is 5.02 Å². The van der Waals surface area contributed by atoms with Crippen LogP contribution >= 0.6 is 23.4 Å². The maximum atomic E-state index is 6.09. The number of rotatable bonds is 2. The summed E-state index contributed by atoms with van der Waals surface area (Å²) < 4.78 is 6.08. The zero-order valence-corrected chi connectivity index (χ0v) is 12.6. The van der Waals surface area contributed by atoms with Crippen LogP contribution in [0.3, 0.4) is 0 Å². The number of nitrogen functional groups attached to an aromatic ring is 1. The molecule has 4 heteroatoms. The molecule has 1 saturated carbocycles. The van der Waals surface area contributed by atoms with E-state index in [2.05, 4.69) is 6.07 Å². The Morgan fingerprint density at radius 1 is 1.32 bits per heavy atom. The Hall–Kier alpha value is -0.380. The molecule has 0 aromatic heterocycles. The van der Waals surface area contributed by atoms with Crippen molar-refractivity contribution in [2.45, 2.75) is 54.3 Å². The van der Waals surface area contributed by atoms with Gasteiger partial charge in [-0.2, -0.15) is 0 Å². The summed E-state index contributed by atoms with van der Waals surface area (Å²) in [6.45, 7) is 0.903. The summed E-state index contributed by atoms with van der Waals surface area (Å²) in [6.07, 6.45) is 7.45. The lowest BCUT2D eigenvalue weighted by Crippen LogP contribution is -2.38. The first-order chi connectivity index (χ1) is 9.17. The fourth-order valence-corrected chi connectivity index (χ4v) is 4.79. The highest BCUT2D eigenvalue weighted by Crippen LogP contribution is 2.44. The third-order valence-electron chi connectivity index (χ3n) is 4.24. The first kappa shape index (κ1) is 13.6. The van der Waals surface area contributed by atoms with E-state index in [-0.39, 0.29) is 5.60 Å². The van der Waals surface area contributed by atoms with Crippen LogP contribution in [-0.2, 0) is 4.74 Å². The Balaban J connectivity index is 1.67. The van der Waals surface area contributed by atoms with Crippen LogP contribution < -0.4 is 5.73 Å². The molecule has 1 aromatic rings. The minimum absolute atomic E-state index is 0.188. The van der Waals surface area contributed by atoms with E-state index >= 15 is 0 Å². The summed E-state index contributed by atoms with van der Waals surface area (Å²) in [4.78, 5) is 1.22. The molecule has 2 aliphatic rings. The Bertz CT molecular complexity index is 459. The lowest BCUT2D eigenvalue weighted by atomic mass is 9.92. The van der Waals surface area contributed by atoms with Gasteiger partial charge in [0.2, 0.25) is 0 Å². The van der Waals surface area contributed by atoms with Crippen molar-refractivity contribution in [2.75, 3.05) is 12.3 Å². The number of ether oxygens (including phenoxy) is 1. The first-order valence-corrected chi connectivity index (χ1v) is 8.28. The van der Waals surface area contributed by atoms with Crippen molar-refractivity contribution < 1.29 is 4.74 Å². The first-order valence-electron chi connectivity index (χ1n) is 7.03. The van der Waals surface area contributed by atoms with Crippen molar-refractivity contribution in [1.82, 2.24) is 0 Å². The molecular formula is C15H20ClNOS. The van der Waals surface area contributed by atoms with Gasteiger partial charge >= 0.3 is 0 Å². The van der Waals surface area contributed by atoms with E-state index in [1.54, 1.807) is 0 Å². The molecule has 3 rings (SSSR count). The molecule has 1 saturated heterocycles. The summed E-state index contributed by atoms with van der Waals surface area (Å²) in [7, 11) is 0. The van der Waals surface area contributed by atoms with Crippen molar-refractivity contribution >= 4 is 29.1 Å². The number of thioether (sulfide) groups is 1. The van der Waals surface area contributed by atoms with Gasteiger partial charge in [-0.15, -0.1) is 11.8 Å². The molecule has 2 fully saturated rings. The molecular weight excluding hydrogens is 278 g/mol. The Morgan fingerprint density at radius 2 is 2.11 bits per heavy atom. The molecule has 0 bridgehead atoms. The van der Waals surface area contributed by atoms with E-state index in [1.165, 1.54) is 37.0 Å². The Morgan fingerprint density at radius 3 is 2.84 bits per heavy atom. The highest BCUT2D eigenvalue weighted by atomic mass is 35.5. The van der Waals surface area contributed by atoms with Gasteiger partial charge in [0.05, 0.1) is 16.3 Å². The van der Waals surface area contributed by atoms with E-state index in [4.69, 9.17) is 22.1 Å². The Kier molecular flexibility index (Phi) is 3.97. The average Bonchev–Trinajstić information content (AvgIpc) is 2.82. The molecule has 19 heavy (non-hydrogen) atoms. The molecule has 104 valence electrons. The number of anilines is 1. The van der Waals surface area contributed by atoms with Crippen LogP contribution in [0.4, 0.5) is 5.69 Å². The molecule has 1 atom stereocenters. The molecule has 1 unspecified atom stereocenters. The van der Waals surface area contributed by atoms with Gasteiger partial charge in [0.1, 0.15) is 0 Å². The maximum absolute atomic E-state index is 6.09. The molecule has 2 nitrogen and oxygen atoms in total. The van der Waals surface area contributed by atoms with Crippen molar-refractivity contribution in [2.24, 2.45) is 0 Å². The average molecular weight is 298 g/mol. The van der Waals surface area contributed by atoms with Gasteiger partial charge in [-0.1, -0.05) is 24.4 Å². The molecule has 0 amide bonds. The van der Waals surface area contributed by atoms with Gasteiger partial charge in [0, 0.05) is 16.8 Å². The summed E-state index contributed by atoms with van der Waals surface area (Å²) in [5.74, 6) is 0. The quantitative estimate of drug-likeness (QED) is 0.816. The van der Waals surface area contributed by atoms with Crippen molar-refractivity contribution in [3.8, 4) is 0 Å². The lowest BCUT2D eigenvalue weighted by Gasteiger charge is -2.38. The van der Waals surface area contributed by atoms with Crippen LogP contribution in [0.15, 0.2) is 23.1 Å². The smallest absolute Gasteiger partial charge is 0.0693 e. The summed E-state index contributed by atoms with van der Waals surface area (Å²) in [5, 5.41) is 1.30. The molecule has 1 spiro atoms. The van der Waals surface area contributed by atoms with Gasteiger partial charge in [-0.05, 0) is 43.9 Å². The fraction of sp³-hybridized carbons (Fsp3) is 0.600. The molecule has 2 N–H and O–H groups in total. The van der Waals surface area contributed by atoms with Crippen molar-refractivity contribution in [1.29, 1.82) is 0 Å². The summed E-state index contributed by atoms with van der Waals surface area (Å²) >= 11 is 8.02. The maximum Gasteiger partial charge on any atom is 0.0693 e. The second-order valence-corrected chi connectivity index (χ2v) is 7.44. The Labute approximate surface area is 124 Å². The predicted molar refractivity (Wildman–Crippen MR) is 81.9 cm³/mol. The third-order valence-corrected chi connectivity index (χ3v) is 5.83. The normalized spacial score (nSPS) is 25.8. The molecule has 1 heterocycles. The van der Waals surface area contributed by atoms with E-state index in [0.717, 1.165) is 13.0 Å². The van der Waals surface area contributed by atoms with E-state index < -0.39 is 0 Å². The highest BCUT2D eigenvalue weighted by molar-refractivity contribution is 8.00. The number of hydrogen-bond acceptors (Lipinski definition) is 3. The highest BCUT2D eigenvalue weighted by Gasteiger charge is 2.40. The summed E-state index contributed by atoms with van der Waals surface area (Å²) in [6, 6.07) is 5.95. The van der Waals surface area contributed by atoms with Gasteiger partial charge < -0.3 is 10.5 Å². The van der Waals surface area contributed by atoms with Gasteiger partial charge in [-0.3, -0.25) is 0 Å². The summed E-state index contributed by atoms with van der Waals surface area (Å²) in [5.41, 5.74) is 6.60. The van der Waals surface area contributed by atoms with Gasteiger partial charge in [0.15, 0.2) is 0 Å². The lowest BCUT2D eigenvalue weighted by molar-refractivity contribution is -0.0703.